The van der Waals surface area contributed by atoms with Gasteiger partial charge in [-0.25, -0.2) is 0 Å². The average Bonchev–Trinajstić information content (AvgIpc) is 2.28. The lowest BCUT2D eigenvalue weighted by Crippen LogP contribution is -2.21. The number of aryl methyl sites for hydroxylation is 1. The molecule has 0 aromatic heterocycles. The molecule has 1 aromatic rings. The lowest BCUT2D eigenvalue weighted by molar-refractivity contribution is 0.303. The van der Waals surface area contributed by atoms with Crippen LogP contribution in [0.25, 0.3) is 0 Å². The van der Waals surface area contributed by atoms with E-state index in [4.69, 9.17) is 14.6 Å². The van der Waals surface area contributed by atoms with Gasteiger partial charge in [0.05, 0.1) is 26.5 Å². The van der Waals surface area contributed by atoms with Crippen LogP contribution < -0.4 is 14.4 Å². The number of hydrogen-bond acceptors (Lipinski definition) is 4. The second kappa shape index (κ2) is 5.61. The molecule has 1 N–H and O–H groups in total. The standard InChI is InChI=1S/C12H19NO3/c1-9-7-12(16-4)10(8-11(9)15-3)13(2)5-6-14/h7-8,14H,5-6H2,1-4H3. The minimum Gasteiger partial charge on any atom is -0.496 e. The molecule has 1 rings (SSSR count). The van der Waals surface area contributed by atoms with E-state index < -0.39 is 0 Å². The second-order valence-corrected chi connectivity index (χ2v) is 3.64. The Hall–Kier alpha value is -1.42. The van der Waals surface area contributed by atoms with Crippen LogP contribution in [-0.2, 0) is 0 Å². The molecule has 0 saturated carbocycles. The van der Waals surface area contributed by atoms with E-state index in [1.54, 1.807) is 14.2 Å². The zero-order valence-corrected chi connectivity index (χ0v) is 10.3. The van der Waals surface area contributed by atoms with Gasteiger partial charge in [-0.1, -0.05) is 0 Å². The van der Waals surface area contributed by atoms with Gasteiger partial charge in [-0.3, -0.25) is 0 Å². The van der Waals surface area contributed by atoms with E-state index in [9.17, 15) is 0 Å². The largest absolute Gasteiger partial charge is 0.496 e. The molecule has 0 fully saturated rings. The predicted molar refractivity (Wildman–Crippen MR) is 64.6 cm³/mol. The Morgan fingerprint density at radius 3 is 2.31 bits per heavy atom. The molecule has 0 aliphatic carbocycles. The average molecular weight is 225 g/mol. The molecule has 4 nitrogen and oxygen atoms in total. The van der Waals surface area contributed by atoms with E-state index in [1.807, 2.05) is 31.0 Å². The van der Waals surface area contributed by atoms with E-state index in [2.05, 4.69) is 0 Å². The van der Waals surface area contributed by atoms with Crippen LogP contribution in [0, 0.1) is 6.92 Å². The number of ether oxygens (including phenoxy) is 2. The molecular weight excluding hydrogens is 206 g/mol. The Balaban J connectivity index is 3.13. The molecule has 0 aliphatic heterocycles. The van der Waals surface area contributed by atoms with Crippen LogP contribution in [0.4, 0.5) is 5.69 Å². The number of hydrogen-bond donors (Lipinski definition) is 1. The van der Waals surface area contributed by atoms with E-state index in [1.165, 1.54) is 0 Å². The number of likely N-dealkylation sites (N-methyl/N-ethyl adjacent to an activating group) is 1. The molecule has 0 atom stereocenters. The van der Waals surface area contributed by atoms with Gasteiger partial charge < -0.3 is 19.5 Å². The van der Waals surface area contributed by atoms with Crippen molar-refractivity contribution in [1.29, 1.82) is 0 Å². The monoisotopic (exact) mass is 225 g/mol. The molecule has 0 saturated heterocycles. The van der Waals surface area contributed by atoms with Crippen LogP contribution in [-0.4, -0.2) is 39.5 Å². The number of benzene rings is 1. The highest BCUT2D eigenvalue weighted by Gasteiger charge is 2.11. The maximum Gasteiger partial charge on any atom is 0.142 e. The van der Waals surface area contributed by atoms with Crippen LogP contribution in [0.3, 0.4) is 0 Å². The Morgan fingerprint density at radius 2 is 1.81 bits per heavy atom. The minimum atomic E-state index is 0.107. The van der Waals surface area contributed by atoms with Gasteiger partial charge in [0.2, 0.25) is 0 Å². The van der Waals surface area contributed by atoms with E-state index in [0.29, 0.717) is 6.54 Å². The van der Waals surface area contributed by atoms with Gasteiger partial charge in [0.25, 0.3) is 0 Å². The summed E-state index contributed by atoms with van der Waals surface area (Å²) in [6.45, 7) is 2.63. The fraction of sp³-hybridized carbons (Fsp3) is 0.500. The van der Waals surface area contributed by atoms with E-state index in [0.717, 1.165) is 22.7 Å². The third-order valence-electron chi connectivity index (χ3n) is 2.54. The molecule has 1 aromatic carbocycles. The first-order valence-electron chi connectivity index (χ1n) is 5.18. The fourth-order valence-corrected chi connectivity index (χ4v) is 1.60. The van der Waals surface area contributed by atoms with Crippen molar-refractivity contribution < 1.29 is 14.6 Å². The predicted octanol–water partition coefficient (Wildman–Crippen LogP) is 1.44. The summed E-state index contributed by atoms with van der Waals surface area (Å²) < 4.78 is 10.6. The fourth-order valence-electron chi connectivity index (χ4n) is 1.60. The summed E-state index contributed by atoms with van der Waals surface area (Å²) in [5, 5.41) is 8.93. The van der Waals surface area contributed by atoms with Gasteiger partial charge in [0.15, 0.2) is 0 Å². The third kappa shape index (κ3) is 2.58. The van der Waals surface area contributed by atoms with Crippen LogP contribution in [0.2, 0.25) is 0 Å². The molecule has 0 bridgehead atoms. The summed E-state index contributed by atoms with van der Waals surface area (Å²) in [4.78, 5) is 1.93. The van der Waals surface area contributed by atoms with Crippen molar-refractivity contribution in [1.82, 2.24) is 0 Å². The van der Waals surface area contributed by atoms with Gasteiger partial charge in [-0.05, 0) is 18.6 Å². The zero-order valence-electron chi connectivity index (χ0n) is 10.3. The topological polar surface area (TPSA) is 41.9 Å². The number of aliphatic hydroxyl groups excluding tert-OH is 1. The molecule has 0 aliphatic rings. The van der Waals surface area contributed by atoms with Gasteiger partial charge >= 0.3 is 0 Å². The summed E-state index contributed by atoms with van der Waals surface area (Å²) in [6.07, 6.45) is 0. The zero-order chi connectivity index (χ0) is 12.1. The molecule has 0 unspecified atom stereocenters. The van der Waals surface area contributed by atoms with Crippen LogP contribution in [0.15, 0.2) is 12.1 Å². The van der Waals surface area contributed by atoms with Gasteiger partial charge in [0, 0.05) is 19.7 Å². The van der Waals surface area contributed by atoms with Crippen LogP contribution >= 0.6 is 0 Å². The maximum absolute atomic E-state index is 8.93. The number of aliphatic hydroxyl groups is 1. The highest BCUT2D eigenvalue weighted by atomic mass is 16.5. The number of anilines is 1. The molecule has 0 amide bonds. The second-order valence-electron chi connectivity index (χ2n) is 3.64. The normalized spacial score (nSPS) is 10.1. The Morgan fingerprint density at radius 1 is 1.19 bits per heavy atom. The summed E-state index contributed by atoms with van der Waals surface area (Å²) in [7, 11) is 5.19. The van der Waals surface area contributed by atoms with Crippen LogP contribution in [0.5, 0.6) is 11.5 Å². The number of methoxy groups -OCH3 is 2. The van der Waals surface area contributed by atoms with Crippen molar-refractivity contribution in [3.63, 3.8) is 0 Å². The molecule has 4 heteroatoms. The molecule has 0 heterocycles. The van der Waals surface area contributed by atoms with Gasteiger partial charge in [0.1, 0.15) is 11.5 Å². The highest BCUT2D eigenvalue weighted by Crippen LogP contribution is 2.34. The Bertz CT molecular complexity index is 352. The molecule has 90 valence electrons. The van der Waals surface area contributed by atoms with Crippen molar-refractivity contribution in [2.75, 3.05) is 39.3 Å². The number of nitrogens with zero attached hydrogens (tertiary/aromatic N) is 1. The molecular formula is C12H19NO3. The quantitative estimate of drug-likeness (QED) is 0.823. The van der Waals surface area contributed by atoms with Crippen molar-refractivity contribution in [2.24, 2.45) is 0 Å². The minimum absolute atomic E-state index is 0.107. The van der Waals surface area contributed by atoms with E-state index >= 15 is 0 Å². The van der Waals surface area contributed by atoms with Crippen molar-refractivity contribution >= 4 is 5.69 Å². The SMILES string of the molecule is COc1cc(N(C)CCO)c(OC)cc1C. The van der Waals surface area contributed by atoms with Crippen molar-refractivity contribution in [3.8, 4) is 11.5 Å². The lowest BCUT2D eigenvalue weighted by atomic mass is 10.1. The van der Waals surface area contributed by atoms with E-state index in [-0.39, 0.29) is 6.61 Å². The summed E-state index contributed by atoms with van der Waals surface area (Å²) in [5.41, 5.74) is 1.94. The number of rotatable bonds is 5. The molecule has 16 heavy (non-hydrogen) atoms. The summed E-state index contributed by atoms with van der Waals surface area (Å²) >= 11 is 0. The Kier molecular flexibility index (Phi) is 4.43. The first-order chi connectivity index (χ1) is 7.63. The van der Waals surface area contributed by atoms with Crippen molar-refractivity contribution in [3.05, 3.63) is 17.7 Å². The maximum atomic E-state index is 8.93. The summed E-state index contributed by atoms with van der Waals surface area (Å²) in [6, 6.07) is 3.85. The van der Waals surface area contributed by atoms with Crippen LogP contribution in [0.1, 0.15) is 5.56 Å². The summed E-state index contributed by atoms with van der Waals surface area (Å²) in [5.74, 6) is 1.61. The highest BCUT2D eigenvalue weighted by molar-refractivity contribution is 5.63. The van der Waals surface area contributed by atoms with Gasteiger partial charge in [-0.2, -0.15) is 0 Å². The van der Waals surface area contributed by atoms with Crippen molar-refractivity contribution in [2.45, 2.75) is 6.92 Å². The van der Waals surface area contributed by atoms with Gasteiger partial charge in [-0.15, -0.1) is 0 Å². The third-order valence-corrected chi connectivity index (χ3v) is 2.54. The molecule has 0 spiro atoms. The molecule has 0 radical (unpaired) electrons. The smallest absolute Gasteiger partial charge is 0.142 e. The first-order valence-corrected chi connectivity index (χ1v) is 5.18. The lowest BCUT2D eigenvalue weighted by Gasteiger charge is -2.22. The first kappa shape index (κ1) is 12.6. The Labute approximate surface area is 96.4 Å².